The first-order valence-corrected chi connectivity index (χ1v) is 22.2. The lowest BCUT2D eigenvalue weighted by molar-refractivity contribution is -0.209. The summed E-state index contributed by atoms with van der Waals surface area (Å²) in [4.78, 5) is 66.3. The first kappa shape index (κ1) is 47.3. The molecule has 0 aliphatic heterocycles. The van der Waals surface area contributed by atoms with Crippen LogP contribution in [0.5, 0.6) is 0 Å². The lowest BCUT2D eigenvalue weighted by Crippen LogP contribution is -2.65. The molecular formula is C25H54O20P4. The van der Waals surface area contributed by atoms with Crippen molar-refractivity contribution < 1.29 is 94.8 Å². The van der Waals surface area contributed by atoms with Crippen LogP contribution in [0.3, 0.4) is 0 Å². The van der Waals surface area contributed by atoms with Gasteiger partial charge in [0.25, 0.3) is 0 Å². The van der Waals surface area contributed by atoms with Crippen LogP contribution in [0.4, 0.5) is 0 Å². The van der Waals surface area contributed by atoms with Gasteiger partial charge in [-0.25, -0.2) is 18.3 Å². The van der Waals surface area contributed by atoms with Crippen molar-refractivity contribution in [2.24, 2.45) is 0 Å². The van der Waals surface area contributed by atoms with Crippen LogP contribution in [-0.2, 0) is 50.4 Å². The second-order valence-corrected chi connectivity index (χ2v) is 16.6. The Morgan fingerprint density at radius 2 is 0.918 bits per heavy atom. The van der Waals surface area contributed by atoms with Crippen LogP contribution in [0.1, 0.15) is 90.9 Å². The number of phosphoric acid groups is 4. The van der Waals surface area contributed by atoms with Crippen LogP contribution in [0, 0.1) is 0 Å². The second-order valence-electron chi connectivity index (χ2n) is 11.6. The fraction of sp³-hybridized carbons (Fsp3) is 1.00. The van der Waals surface area contributed by atoms with Crippen molar-refractivity contribution in [1.82, 2.24) is 0 Å². The molecule has 0 saturated heterocycles. The summed E-state index contributed by atoms with van der Waals surface area (Å²) in [6.45, 7) is 4.20. The number of unbranched alkanes of at least 4 members (excludes halogenated alkanes) is 10. The minimum Gasteiger partial charge on any atom is -0.387 e. The van der Waals surface area contributed by atoms with Gasteiger partial charge in [0.1, 0.15) is 42.7 Å². The molecule has 0 aromatic heterocycles. The third-order valence-corrected chi connectivity index (χ3v) is 9.79. The summed E-state index contributed by atoms with van der Waals surface area (Å²) in [5.74, 6) is 0. The molecule has 0 bridgehead atoms. The molecule has 49 heavy (non-hydrogen) atoms. The van der Waals surface area contributed by atoms with E-state index in [9.17, 15) is 62.7 Å². The molecule has 1 fully saturated rings. The number of ether oxygens (including phenoxy) is 2. The van der Waals surface area contributed by atoms with Crippen molar-refractivity contribution in [1.29, 1.82) is 0 Å². The molecule has 0 aromatic rings. The largest absolute Gasteiger partial charge is 0.472 e. The SMILES string of the molecule is CCCCCCCCOC[C@H](COP(=O)(O)OC1[C@H](O)[C@H](OP(=O)(O)O)C(OP(=O)(O)O)[C@H](OP(=O)(O)O)[C@H]1O)OCCCCCCCC. The molecule has 1 aliphatic rings. The molecule has 0 radical (unpaired) electrons. The quantitative estimate of drug-likeness (QED) is 0.0406. The summed E-state index contributed by atoms with van der Waals surface area (Å²) in [5.41, 5.74) is 0. The van der Waals surface area contributed by atoms with Gasteiger partial charge in [0, 0.05) is 13.2 Å². The number of phosphoric ester groups is 4. The van der Waals surface area contributed by atoms with E-state index in [1.54, 1.807) is 0 Å². The summed E-state index contributed by atoms with van der Waals surface area (Å²) in [6, 6.07) is 0. The van der Waals surface area contributed by atoms with E-state index in [2.05, 4.69) is 27.4 Å². The van der Waals surface area contributed by atoms with Crippen molar-refractivity contribution >= 4 is 31.3 Å². The van der Waals surface area contributed by atoms with Gasteiger partial charge in [-0.3, -0.25) is 22.6 Å². The maximum atomic E-state index is 13.0. The number of aliphatic hydroxyl groups is 2. The van der Waals surface area contributed by atoms with Crippen LogP contribution in [0.2, 0.25) is 0 Å². The van der Waals surface area contributed by atoms with Crippen LogP contribution in [0.25, 0.3) is 0 Å². The average molecular weight is 799 g/mol. The number of aliphatic hydroxyl groups excluding tert-OH is 2. The van der Waals surface area contributed by atoms with Gasteiger partial charge < -0.3 is 53.9 Å². The lowest BCUT2D eigenvalue weighted by atomic mass is 9.85. The molecule has 1 aliphatic carbocycles. The molecule has 3 unspecified atom stereocenters. The summed E-state index contributed by atoms with van der Waals surface area (Å²) >= 11 is 0. The Kier molecular flexibility index (Phi) is 22.3. The third-order valence-electron chi connectivity index (χ3n) is 7.25. The minimum absolute atomic E-state index is 0.0444. The Balaban J connectivity index is 3.07. The highest BCUT2D eigenvalue weighted by Gasteiger charge is 2.58. The minimum atomic E-state index is -5.70. The molecule has 24 heteroatoms. The van der Waals surface area contributed by atoms with Gasteiger partial charge in [0.2, 0.25) is 0 Å². The van der Waals surface area contributed by atoms with E-state index >= 15 is 0 Å². The van der Waals surface area contributed by atoms with Crippen LogP contribution in [-0.4, -0.2) is 114 Å². The van der Waals surface area contributed by atoms with Crippen molar-refractivity contribution in [3.05, 3.63) is 0 Å². The smallest absolute Gasteiger partial charge is 0.387 e. The maximum Gasteiger partial charge on any atom is 0.472 e. The fourth-order valence-electron chi connectivity index (χ4n) is 4.95. The van der Waals surface area contributed by atoms with Crippen molar-refractivity contribution in [3.63, 3.8) is 0 Å². The van der Waals surface area contributed by atoms with E-state index in [0.29, 0.717) is 13.0 Å². The molecule has 0 heterocycles. The number of hydrogen-bond donors (Lipinski definition) is 9. The predicted molar refractivity (Wildman–Crippen MR) is 171 cm³/mol. The summed E-state index contributed by atoms with van der Waals surface area (Å²) in [6.07, 6.45) is -4.73. The summed E-state index contributed by atoms with van der Waals surface area (Å²) in [5, 5.41) is 21.5. The summed E-state index contributed by atoms with van der Waals surface area (Å²) in [7, 11) is -22.5. The van der Waals surface area contributed by atoms with Gasteiger partial charge in [-0.1, -0.05) is 78.1 Å². The van der Waals surface area contributed by atoms with E-state index in [1.807, 2.05) is 0 Å². The Labute approximate surface area is 286 Å². The van der Waals surface area contributed by atoms with Crippen LogP contribution < -0.4 is 0 Å². The Hall–Kier alpha value is 0.280. The zero-order valence-electron chi connectivity index (χ0n) is 27.7. The topological polar surface area (TPSA) is 315 Å². The van der Waals surface area contributed by atoms with Gasteiger partial charge in [-0.2, -0.15) is 0 Å². The standard InChI is InChI=1S/C25H54O20P4/c1-3-5-7-9-11-13-15-39-17-19(40-16-14-12-10-8-6-4-2)18-41-49(37,38)45-22-20(26)23(42-46(28,29)30)25(44-48(34,35)36)24(21(22)27)43-47(31,32)33/h19-27H,3-18H2,1-2H3,(H,37,38)(H2,28,29,30)(H2,31,32,33)(H2,34,35,36)/t19-,20+,21+,22?,23-,24+,25?/m1/s1. The molecular weight excluding hydrogens is 744 g/mol. The Morgan fingerprint density at radius 3 is 1.37 bits per heavy atom. The average Bonchev–Trinajstić information content (AvgIpc) is 2.97. The van der Waals surface area contributed by atoms with E-state index in [0.717, 1.165) is 70.6 Å². The Bertz CT molecular complexity index is 1060. The molecule has 9 N–H and O–H groups in total. The van der Waals surface area contributed by atoms with Crippen LogP contribution in [0.15, 0.2) is 0 Å². The van der Waals surface area contributed by atoms with Gasteiger partial charge in [-0.15, -0.1) is 0 Å². The van der Waals surface area contributed by atoms with Gasteiger partial charge in [-0.05, 0) is 12.8 Å². The second kappa shape index (κ2) is 23.1. The number of hydrogen-bond acceptors (Lipinski definition) is 13. The van der Waals surface area contributed by atoms with Crippen molar-refractivity contribution in [3.8, 4) is 0 Å². The van der Waals surface area contributed by atoms with E-state index in [-0.39, 0.29) is 13.2 Å². The summed E-state index contributed by atoms with van der Waals surface area (Å²) < 4.78 is 82.2. The molecule has 294 valence electrons. The molecule has 0 spiro atoms. The predicted octanol–water partition coefficient (Wildman–Crippen LogP) is 2.78. The zero-order chi connectivity index (χ0) is 37.3. The first-order valence-electron chi connectivity index (χ1n) is 16.1. The third kappa shape index (κ3) is 21.5. The van der Waals surface area contributed by atoms with E-state index in [1.165, 1.54) is 0 Å². The lowest BCUT2D eigenvalue weighted by Gasteiger charge is -2.45. The molecule has 0 amide bonds. The van der Waals surface area contributed by atoms with Crippen molar-refractivity contribution in [2.45, 2.75) is 134 Å². The highest BCUT2D eigenvalue weighted by molar-refractivity contribution is 7.47. The van der Waals surface area contributed by atoms with Crippen LogP contribution >= 0.6 is 31.3 Å². The molecule has 1 saturated carbocycles. The normalized spacial score (nSPS) is 25.7. The molecule has 8 atom stereocenters. The van der Waals surface area contributed by atoms with E-state index in [4.69, 9.17) is 18.5 Å². The number of rotatable bonds is 28. The van der Waals surface area contributed by atoms with Crippen molar-refractivity contribution in [2.75, 3.05) is 26.4 Å². The highest BCUT2D eigenvalue weighted by Crippen LogP contribution is 2.53. The zero-order valence-corrected chi connectivity index (χ0v) is 31.2. The fourth-order valence-corrected chi connectivity index (χ4v) is 7.61. The van der Waals surface area contributed by atoms with Gasteiger partial charge in [0.05, 0.1) is 13.2 Å². The molecule has 20 nitrogen and oxygen atoms in total. The Morgan fingerprint density at radius 1 is 0.510 bits per heavy atom. The van der Waals surface area contributed by atoms with E-state index < -0.39 is 80.6 Å². The maximum absolute atomic E-state index is 13.0. The van der Waals surface area contributed by atoms with Gasteiger partial charge in [0.15, 0.2) is 0 Å². The molecule has 1 rings (SSSR count). The highest BCUT2D eigenvalue weighted by atomic mass is 31.2. The van der Waals surface area contributed by atoms with Gasteiger partial charge >= 0.3 is 31.3 Å². The molecule has 0 aromatic carbocycles. The monoisotopic (exact) mass is 798 g/mol. The first-order chi connectivity index (χ1) is 22.7.